The number of allylic oxidation sites excluding steroid dienone is 2. The van der Waals surface area contributed by atoms with Gasteiger partial charge in [-0.25, -0.2) is 0 Å². The highest BCUT2D eigenvalue weighted by atomic mass is 32.7. The zero-order valence-corrected chi connectivity index (χ0v) is 13.4. The smallest absolute Gasteiger partial charge is 0.390 e. The second kappa shape index (κ2) is 4.93. The standard InChI is InChI=1S/C12H14N2O2PS2/c1-9-10(2)16-17(15-9)14(13-12(18-3)19-17)11-7-5-4-6-8-11/h4-8H,1-3H3/q+1. The lowest BCUT2D eigenvalue weighted by Gasteiger charge is -2.07. The van der Waals surface area contributed by atoms with Crippen molar-refractivity contribution in [3.05, 3.63) is 41.9 Å². The maximum absolute atomic E-state index is 6.05. The molecular formula is C12H14N2O2PS2+. The Morgan fingerprint density at radius 3 is 2.37 bits per heavy atom. The van der Waals surface area contributed by atoms with E-state index in [1.807, 2.05) is 54.9 Å². The van der Waals surface area contributed by atoms with Gasteiger partial charge in [-0.2, -0.15) is 0 Å². The van der Waals surface area contributed by atoms with Crippen molar-refractivity contribution in [2.45, 2.75) is 13.8 Å². The first-order valence-electron chi connectivity index (χ1n) is 5.78. The largest absolute Gasteiger partial charge is 0.568 e. The Bertz CT molecular complexity index is 622. The Hall–Kier alpha value is -0.840. The van der Waals surface area contributed by atoms with Crippen molar-refractivity contribution in [2.75, 3.05) is 6.26 Å². The van der Waals surface area contributed by atoms with Gasteiger partial charge in [0.1, 0.15) is 11.5 Å². The van der Waals surface area contributed by atoms with Gasteiger partial charge in [0.05, 0.1) is 11.4 Å². The van der Waals surface area contributed by atoms with Crippen molar-refractivity contribution >= 4 is 39.9 Å². The van der Waals surface area contributed by atoms with Gasteiger partial charge in [0.15, 0.2) is 0 Å². The van der Waals surface area contributed by atoms with Crippen LogP contribution in [0.3, 0.4) is 0 Å². The van der Waals surface area contributed by atoms with Crippen LogP contribution in [-0.4, -0.2) is 15.1 Å². The maximum Gasteiger partial charge on any atom is 0.568 e. The van der Waals surface area contributed by atoms with Crippen LogP contribution in [0.4, 0.5) is 5.69 Å². The van der Waals surface area contributed by atoms with E-state index < -0.39 is 6.71 Å². The van der Waals surface area contributed by atoms with Gasteiger partial charge in [0.2, 0.25) is 10.1 Å². The Labute approximate surface area is 120 Å². The van der Waals surface area contributed by atoms with E-state index in [1.165, 1.54) is 0 Å². The van der Waals surface area contributed by atoms with Crippen LogP contribution in [0, 0.1) is 0 Å². The van der Waals surface area contributed by atoms with E-state index in [1.54, 1.807) is 23.1 Å². The summed E-state index contributed by atoms with van der Waals surface area (Å²) in [7, 11) is 0. The van der Waals surface area contributed by atoms with Crippen LogP contribution in [-0.2, 0) is 9.05 Å². The number of hydrogen-bond acceptors (Lipinski definition) is 5. The number of benzene rings is 1. The van der Waals surface area contributed by atoms with Gasteiger partial charge in [-0.05, 0) is 20.1 Å². The Kier molecular flexibility index (Phi) is 3.41. The first-order valence-corrected chi connectivity index (χ1v) is 10.0. The predicted octanol–water partition coefficient (Wildman–Crippen LogP) is 4.96. The molecule has 2 aliphatic heterocycles. The third-order valence-electron chi connectivity index (χ3n) is 2.76. The quantitative estimate of drug-likeness (QED) is 0.687. The lowest BCUT2D eigenvalue weighted by molar-refractivity contribution is -0.430. The van der Waals surface area contributed by atoms with Crippen molar-refractivity contribution in [1.29, 1.82) is 0 Å². The van der Waals surface area contributed by atoms with Crippen molar-refractivity contribution in [2.24, 2.45) is 5.10 Å². The number of hydrazone groups is 1. The molecule has 0 aromatic heterocycles. The van der Waals surface area contributed by atoms with Crippen molar-refractivity contribution in [3.63, 3.8) is 0 Å². The summed E-state index contributed by atoms with van der Waals surface area (Å²) in [5.41, 5.74) is 0.995. The molecule has 0 N–H and O–H groups in total. The van der Waals surface area contributed by atoms with Gasteiger partial charge in [-0.3, -0.25) is 0 Å². The number of rotatable bonds is 1. The average molecular weight is 313 g/mol. The molecule has 19 heavy (non-hydrogen) atoms. The summed E-state index contributed by atoms with van der Waals surface area (Å²) in [6.45, 7) is 1.61. The van der Waals surface area contributed by atoms with Gasteiger partial charge >= 0.3 is 6.71 Å². The van der Waals surface area contributed by atoms with Crippen molar-refractivity contribution < 1.29 is 13.5 Å². The van der Waals surface area contributed by atoms with Crippen LogP contribution in [0.25, 0.3) is 0 Å². The minimum atomic E-state index is -2.26. The first-order chi connectivity index (χ1) is 9.14. The molecule has 0 saturated carbocycles. The molecular weight excluding hydrogens is 299 g/mol. The third-order valence-corrected chi connectivity index (χ3v) is 8.70. The predicted molar refractivity (Wildman–Crippen MR) is 82.4 cm³/mol. The second-order valence-corrected chi connectivity index (χ2v) is 9.29. The summed E-state index contributed by atoms with van der Waals surface area (Å²) in [5, 5.41) is 4.63. The van der Waals surface area contributed by atoms with Crippen LogP contribution in [0.15, 0.2) is 47.0 Å². The summed E-state index contributed by atoms with van der Waals surface area (Å²) < 4.78 is 15.0. The number of para-hydroxylation sites is 1. The minimum absolute atomic E-state index is 0.847. The molecule has 0 saturated heterocycles. The fourth-order valence-corrected chi connectivity index (χ4v) is 8.28. The molecule has 4 nitrogen and oxygen atoms in total. The molecule has 100 valence electrons. The van der Waals surface area contributed by atoms with Gasteiger partial charge < -0.3 is 9.05 Å². The molecule has 2 aliphatic rings. The fourth-order valence-electron chi connectivity index (χ4n) is 1.73. The highest BCUT2D eigenvalue weighted by molar-refractivity contribution is 8.69. The summed E-state index contributed by atoms with van der Waals surface area (Å²) in [6.07, 6.45) is 2.01. The zero-order chi connectivity index (χ0) is 13.5. The molecule has 0 unspecified atom stereocenters. The Balaban J connectivity index is 2.12. The summed E-state index contributed by atoms with van der Waals surface area (Å²) >= 11 is 3.21. The van der Waals surface area contributed by atoms with E-state index in [-0.39, 0.29) is 0 Å². The molecule has 0 amide bonds. The number of thioether (sulfide) groups is 1. The van der Waals surface area contributed by atoms with Crippen LogP contribution >= 0.6 is 29.9 Å². The van der Waals surface area contributed by atoms with E-state index >= 15 is 0 Å². The Morgan fingerprint density at radius 1 is 1.16 bits per heavy atom. The molecule has 1 aromatic carbocycles. The second-order valence-electron chi connectivity index (χ2n) is 4.05. The summed E-state index contributed by atoms with van der Waals surface area (Å²) in [4.78, 5) is 0. The van der Waals surface area contributed by atoms with E-state index in [9.17, 15) is 0 Å². The molecule has 0 fully saturated rings. The van der Waals surface area contributed by atoms with E-state index in [4.69, 9.17) is 9.05 Å². The van der Waals surface area contributed by atoms with E-state index in [0.717, 1.165) is 21.6 Å². The first kappa shape index (κ1) is 13.2. The lowest BCUT2D eigenvalue weighted by Crippen LogP contribution is -1.94. The van der Waals surface area contributed by atoms with Crippen LogP contribution < -0.4 is 0 Å². The molecule has 0 radical (unpaired) electrons. The van der Waals surface area contributed by atoms with Crippen LogP contribution in [0.2, 0.25) is 0 Å². The highest BCUT2D eigenvalue weighted by Gasteiger charge is 2.52. The number of nitrogens with zero attached hydrogens (tertiary/aromatic N) is 2. The van der Waals surface area contributed by atoms with E-state index in [0.29, 0.717) is 0 Å². The van der Waals surface area contributed by atoms with Crippen LogP contribution in [0.5, 0.6) is 0 Å². The third kappa shape index (κ3) is 2.22. The lowest BCUT2D eigenvalue weighted by atomic mass is 10.3. The molecule has 3 rings (SSSR count). The van der Waals surface area contributed by atoms with E-state index in [2.05, 4.69) is 5.10 Å². The van der Waals surface area contributed by atoms with Gasteiger partial charge in [0.25, 0.3) is 0 Å². The molecule has 0 atom stereocenters. The average Bonchev–Trinajstić information content (AvgIpc) is 2.91. The van der Waals surface area contributed by atoms with Crippen LogP contribution in [0.1, 0.15) is 13.8 Å². The molecule has 0 bridgehead atoms. The molecule has 1 aromatic rings. The van der Waals surface area contributed by atoms with Crippen molar-refractivity contribution in [1.82, 2.24) is 0 Å². The molecule has 0 aliphatic carbocycles. The van der Waals surface area contributed by atoms with Crippen molar-refractivity contribution in [3.8, 4) is 0 Å². The molecule has 2 heterocycles. The fraction of sp³-hybridized carbons (Fsp3) is 0.250. The SMILES string of the molecule is CSC1=N[N+](c2ccccc2)=P2(OC(C)=C(C)O2)S1. The number of hydrogen-bond donors (Lipinski definition) is 0. The van der Waals surface area contributed by atoms with Gasteiger partial charge in [0, 0.05) is 21.7 Å². The normalized spacial score (nSPS) is 20.6. The highest BCUT2D eigenvalue weighted by Crippen LogP contribution is 2.73. The maximum atomic E-state index is 6.05. The van der Waals surface area contributed by atoms with Gasteiger partial charge in [-0.1, -0.05) is 30.0 Å². The minimum Gasteiger partial charge on any atom is -0.390 e. The molecule has 7 heteroatoms. The zero-order valence-electron chi connectivity index (χ0n) is 10.9. The monoisotopic (exact) mass is 313 g/mol. The topological polar surface area (TPSA) is 33.8 Å². The van der Waals surface area contributed by atoms with Gasteiger partial charge in [-0.15, -0.1) is 0 Å². The molecule has 1 spiro atoms. The summed E-state index contributed by atoms with van der Waals surface area (Å²) in [5.74, 6) is 1.69. The summed E-state index contributed by atoms with van der Waals surface area (Å²) in [6, 6.07) is 10.0. The Morgan fingerprint density at radius 2 is 1.79 bits per heavy atom.